The van der Waals surface area contributed by atoms with E-state index in [2.05, 4.69) is 19.2 Å². The molecule has 0 heterocycles. The van der Waals surface area contributed by atoms with E-state index in [0.717, 1.165) is 19.4 Å². The first kappa shape index (κ1) is 15.8. The largest absolute Gasteiger partial charge is 0.399 e. The van der Waals surface area contributed by atoms with E-state index in [1.54, 1.807) is 12.1 Å². The molecule has 19 heavy (non-hydrogen) atoms. The normalized spacial score (nSPS) is 11.8. The molecule has 1 aromatic carbocycles. The predicted octanol–water partition coefficient (Wildman–Crippen LogP) is 2.15. The number of rotatable bonds is 7. The third-order valence-electron chi connectivity index (χ3n) is 2.84. The predicted molar refractivity (Wildman–Crippen MR) is 79.4 cm³/mol. The number of nitrogens with two attached hydrogens (primary N) is 2. The van der Waals surface area contributed by atoms with Crippen LogP contribution in [0.3, 0.4) is 0 Å². The summed E-state index contributed by atoms with van der Waals surface area (Å²) in [6, 6.07) is 4.69. The van der Waals surface area contributed by atoms with E-state index >= 15 is 0 Å². The van der Waals surface area contributed by atoms with Gasteiger partial charge in [0.25, 0.3) is 0 Å². The Kier molecular flexibility index (Phi) is 5.62. The van der Waals surface area contributed by atoms with Crippen molar-refractivity contribution >= 4 is 21.4 Å². The maximum absolute atomic E-state index is 11.5. The summed E-state index contributed by atoms with van der Waals surface area (Å²) in [5, 5.41) is 8.28. The van der Waals surface area contributed by atoms with Crippen molar-refractivity contribution in [3.63, 3.8) is 0 Å². The minimum atomic E-state index is -3.75. The molecule has 0 radical (unpaired) electrons. The molecule has 0 aliphatic heterocycles. The van der Waals surface area contributed by atoms with Crippen molar-refractivity contribution in [2.75, 3.05) is 17.6 Å². The van der Waals surface area contributed by atoms with Crippen molar-refractivity contribution in [3.8, 4) is 0 Å². The Morgan fingerprint density at radius 3 is 2.53 bits per heavy atom. The Balaban J connectivity index is 2.64. The summed E-state index contributed by atoms with van der Waals surface area (Å²) in [6.07, 6.45) is 3.28. The smallest absolute Gasteiger partial charge is 0.240 e. The van der Waals surface area contributed by atoms with Gasteiger partial charge in [-0.3, -0.25) is 0 Å². The minimum Gasteiger partial charge on any atom is -0.399 e. The van der Waals surface area contributed by atoms with Crippen LogP contribution >= 0.6 is 0 Å². The summed E-state index contributed by atoms with van der Waals surface area (Å²) in [7, 11) is -3.75. The third kappa shape index (κ3) is 5.48. The highest BCUT2D eigenvalue weighted by molar-refractivity contribution is 7.89. The average Bonchev–Trinajstić information content (AvgIpc) is 2.28. The molecule has 0 amide bonds. The van der Waals surface area contributed by atoms with Crippen LogP contribution in [0.25, 0.3) is 0 Å². The van der Waals surface area contributed by atoms with Gasteiger partial charge in [0.1, 0.15) is 4.90 Å². The number of hydrogen-bond donors (Lipinski definition) is 3. The number of primary sulfonamides is 1. The molecule has 0 fully saturated rings. The van der Waals surface area contributed by atoms with Gasteiger partial charge in [-0.1, -0.05) is 26.7 Å². The highest BCUT2D eigenvalue weighted by Crippen LogP contribution is 2.22. The van der Waals surface area contributed by atoms with Gasteiger partial charge in [0.05, 0.1) is 5.69 Å². The quantitative estimate of drug-likeness (QED) is 0.528. The Labute approximate surface area is 115 Å². The molecule has 6 heteroatoms. The third-order valence-corrected chi connectivity index (χ3v) is 3.79. The van der Waals surface area contributed by atoms with Crippen LogP contribution in [0.4, 0.5) is 11.4 Å². The fraction of sp³-hybridized carbons (Fsp3) is 0.538. The molecular weight excluding hydrogens is 262 g/mol. The SMILES string of the molecule is CC(C)CCCCNc1ccc(N)cc1S(N)(=O)=O. The average molecular weight is 285 g/mol. The van der Waals surface area contributed by atoms with Gasteiger partial charge < -0.3 is 11.1 Å². The van der Waals surface area contributed by atoms with E-state index in [-0.39, 0.29) is 4.90 Å². The number of nitrogens with one attached hydrogen (secondary N) is 1. The lowest BCUT2D eigenvalue weighted by atomic mass is 10.1. The van der Waals surface area contributed by atoms with Gasteiger partial charge in [0.2, 0.25) is 10.0 Å². The second-order valence-corrected chi connectivity index (χ2v) is 6.65. The molecule has 0 bridgehead atoms. The molecule has 0 aliphatic rings. The van der Waals surface area contributed by atoms with E-state index in [1.165, 1.54) is 12.5 Å². The first-order chi connectivity index (χ1) is 8.80. The van der Waals surface area contributed by atoms with Crippen molar-refractivity contribution in [2.24, 2.45) is 11.1 Å². The van der Waals surface area contributed by atoms with Crippen molar-refractivity contribution in [2.45, 2.75) is 38.0 Å². The van der Waals surface area contributed by atoms with E-state index in [1.807, 2.05) is 0 Å². The Morgan fingerprint density at radius 1 is 1.26 bits per heavy atom. The second-order valence-electron chi connectivity index (χ2n) is 5.12. The second kappa shape index (κ2) is 6.77. The highest BCUT2D eigenvalue weighted by Gasteiger charge is 2.13. The van der Waals surface area contributed by atoms with Crippen molar-refractivity contribution in [1.82, 2.24) is 0 Å². The molecule has 5 nitrogen and oxygen atoms in total. The van der Waals surface area contributed by atoms with Crippen LogP contribution in [0.2, 0.25) is 0 Å². The van der Waals surface area contributed by atoms with Crippen LogP contribution in [0.1, 0.15) is 33.1 Å². The van der Waals surface area contributed by atoms with Gasteiger partial charge in [-0.05, 0) is 30.5 Å². The summed E-state index contributed by atoms with van der Waals surface area (Å²) in [5.41, 5.74) is 6.48. The molecule has 1 rings (SSSR count). The topological polar surface area (TPSA) is 98.2 Å². The Bertz CT molecular complexity index is 513. The van der Waals surface area contributed by atoms with Gasteiger partial charge >= 0.3 is 0 Å². The Morgan fingerprint density at radius 2 is 1.95 bits per heavy atom. The number of nitrogen functional groups attached to an aromatic ring is 1. The van der Waals surface area contributed by atoms with Crippen molar-refractivity contribution in [3.05, 3.63) is 18.2 Å². The summed E-state index contributed by atoms with van der Waals surface area (Å²) in [4.78, 5) is 0.0522. The number of hydrogen-bond acceptors (Lipinski definition) is 4. The number of unbranched alkanes of at least 4 members (excludes halogenated alkanes) is 1. The molecule has 1 aromatic rings. The first-order valence-electron chi connectivity index (χ1n) is 6.47. The molecule has 108 valence electrons. The molecule has 0 atom stereocenters. The fourth-order valence-corrected chi connectivity index (χ4v) is 2.57. The lowest BCUT2D eigenvalue weighted by Gasteiger charge is -2.11. The summed E-state index contributed by atoms with van der Waals surface area (Å²) >= 11 is 0. The molecule has 0 aromatic heterocycles. The van der Waals surface area contributed by atoms with Crippen LogP contribution < -0.4 is 16.2 Å². The maximum atomic E-state index is 11.5. The van der Waals surface area contributed by atoms with Gasteiger partial charge in [0, 0.05) is 12.2 Å². The van der Waals surface area contributed by atoms with Crippen LogP contribution in [0, 0.1) is 5.92 Å². The standard InChI is InChI=1S/C13H23N3O2S/c1-10(2)5-3-4-8-16-12-7-6-11(14)9-13(12)19(15,17)18/h6-7,9-10,16H,3-5,8,14H2,1-2H3,(H2,15,17,18). The van der Waals surface area contributed by atoms with Gasteiger partial charge in [0.15, 0.2) is 0 Å². The van der Waals surface area contributed by atoms with Crippen LogP contribution in [-0.2, 0) is 10.0 Å². The van der Waals surface area contributed by atoms with E-state index in [4.69, 9.17) is 10.9 Å². The van der Waals surface area contributed by atoms with Crippen LogP contribution in [0.15, 0.2) is 23.1 Å². The molecule has 5 N–H and O–H groups in total. The van der Waals surface area contributed by atoms with Gasteiger partial charge in [-0.15, -0.1) is 0 Å². The first-order valence-corrected chi connectivity index (χ1v) is 8.01. The summed E-state index contributed by atoms with van der Waals surface area (Å²) < 4.78 is 22.9. The van der Waals surface area contributed by atoms with Gasteiger partial charge in [-0.25, -0.2) is 13.6 Å². The molecule has 0 saturated carbocycles. The maximum Gasteiger partial charge on any atom is 0.240 e. The van der Waals surface area contributed by atoms with E-state index in [9.17, 15) is 8.42 Å². The zero-order valence-corrected chi connectivity index (χ0v) is 12.3. The Hall–Kier alpha value is -1.27. The fourth-order valence-electron chi connectivity index (χ4n) is 1.82. The molecule has 0 unspecified atom stereocenters. The van der Waals surface area contributed by atoms with Crippen LogP contribution in [0.5, 0.6) is 0 Å². The lowest BCUT2D eigenvalue weighted by molar-refractivity contribution is 0.544. The molecule has 0 spiro atoms. The van der Waals surface area contributed by atoms with E-state index in [0.29, 0.717) is 17.3 Å². The summed E-state index contributed by atoms with van der Waals surface area (Å²) in [5.74, 6) is 0.691. The zero-order chi connectivity index (χ0) is 14.5. The highest BCUT2D eigenvalue weighted by atomic mass is 32.2. The lowest BCUT2D eigenvalue weighted by Crippen LogP contribution is -2.16. The number of sulfonamides is 1. The van der Waals surface area contributed by atoms with Crippen molar-refractivity contribution in [1.29, 1.82) is 0 Å². The molecular formula is C13H23N3O2S. The zero-order valence-electron chi connectivity index (χ0n) is 11.5. The molecule has 0 aliphatic carbocycles. The van der Waals surface area contributed by atoms with Gasteiger partial charge in [-0.2, -0.15) is 0 Å². The molecule has 0 saturated heterocycles. The van der Waals surface area contributed by atoms with Crippen molar-refractivity contribution < 1.29 is 8.42 Å². The monoisotopic (exact) mass is 285 g/mol. The number of anilines is 2. The van der Waals surface area contributed by atoms with Crippen LogP contribution in [-0.4, -0.2) is 15.0 Å². The summed E-state index contributed by atoms with van der Waals surface area (Å²) in [6.45, 7) is 5.10. The minimum absolute atomic E-state index is 0.0522. The number of benzene rings is 1. The van der Waals surface area contributed by atoms with E-state index < -0.39 is 10.0 Å².